The fourth-order valence-corrected chi connectivity index (χ4v) is 6.41. The number of ether oxygens (including phenoxy) is 1. The van der Waals surface area contributed by atoms with Crippen molar-refractivity contribution in [2.45, 2.75) is 91.9 Å². The third-order valence-corrected chi connectivity index (χ3v) is 9.05. The van der Waals surface area contributed by atoms with Crippen molar-refractivity contribution in [2.24, 2.45) is 11.8 Å². The first-order chi connectivity index (χ1) is 20.4. The van der Waals surface area contributed by atoms with E-state index in [0.717, 1.165) is 70.4 Å². The molecule has 0 amide bonds. The first-order valence-corrected chi connectivity index (χ1v) is 15.8. The van der Waals surface area contributed by atoms with Crippen molar-refractivity contribution in [3.05, 3.63) is 71.8 Å². The molecule has 0 unspecified atom stereocenters. The number of aromatic nitrogens is 2. The molecular weight excluding hydrogens is 713 g/mol. The van der Waals surface area contributed by atoms with Crippen molar-refractivity contribution in [1.29, 1.82) is 0 Å². The maximum absolute atomic E-state index is 11.7. The molecule has 2 aliphatic rings. The Morgan fingerprint density at radius 3 is 2.37 bits per heavy atom. The van der Waals surface area contributed by atoms with E-state index in [2.05, 4.69) is 35.3 Å². The number of hydrogen-bond acceptors (Lipinski definition) is 5. The predicted molar refractivity (Wildman–Crippen MR) is 171 cm³/mol. The number of hydrogen-bond donors (Lipinski definition) is 1. The molecule has 6 rings (SSSR count). The van der Waals surface area contributed by atoms with Gasteiger partial charge in [-0.2, -0.15) is 0 Å². The zero-order chi connectivity index (χ0) is 29.8. The van der Waals surface area contributed by atoms with Gasteiger partial charge < -0.3 is 9.84 Å². The van der Waals surface area contributed by atoms with Gasteiger partial charge in [0.05, 0.1) is 11.5 Å². The molecule has 2 aromatic heterocycles. The smallest absolute Gasteiger partial charge is 0.162 e. The van der Waals surface area contributed by atoms with Crippen molar-refractivity contribution in [3.8, 4) is 22.8 Å². The zero-order valence-electron chi connectivity index (χ0n) is 26.0. The summed E-state index contributed by atoms with van der Waals surface area (Å²) in [4.78, 5) is 21.1. The molecule has 0 bridgehead atoms. The maximum atomic E-state index is 11.7. The van der Waals surface area contributed by atoms with Crippen LogP contribution in [0.5, 0.6) is 11.5 Å². The van der Waals surface area contributed by atoms with E-state index in [9.17, 15) is 9.90 Å². The summed E-state index contributed by atoms with van der Waals surface area (Å²) in [5.74, 6) is 2.92. The van der Waals surface area contributed by atoms with Crippen molar-refractivity contribution >= 4 is 27.5 Å². The van der Waals surface area contributed by atoms with Crippen molar-refractivity contribution in [1.82, 2.24) is 9.97 Å². The fourth-order valence-electron chi connectivity index (χ4n) is 6.41. The minimum atomic E-state index is 0. The van der Waals surface area contributed by atoms with E-state index in [-0.39, 0.29) is 43.5 Å². The fraction of sp³-hybridized carbons (Fsp3) is 0.432. The second-order valence-electron chi connectivity index (χ2n) is 11.8. The van der Waals surface area contributed by atoms with Crippen molar-refractivity contribution in [2.75, 3.05) is 0 Å². The molecule has 43 heavy (non-hydrogen) atoms. The zero-order valence-corrected chi connectivity index (χ0v) is 28.4. The van der Waals surface area contributed by atoms with Gasteiger partial charge in [0.2, 0.25) is 0 Å². The topological polar surface area (TPSA) is 72.3 Å². The number of benzene rings is 2. The number of carbonyl (C=O) groups is 1. The molecule has 0 spiro atoms. The first-order valence-electron chi connectivity index (χ1n) is 15.8. The van der Waals surface area contributed by atoms with E-state index in [1.807, 2.05) is 52.9 Å². The van der Waals surface area contributed by atoms with Gasteiger partial charge in [-0.25, -0.2) is 0 Å². The summed E-state index contributed by atoms with van der Waals surface area (Å²) >= 11 is 0. The van der Waals surface area contributed by atoms with Gasteiger partial charge >= 0.3 is 0 Å². The van der Waals surface area contributed by atoms with Crippen molar-refractivity contribution in [3.63, 3.8) is 0 Å². The summed E-state index contributed by atoms with van der Waals surface area (Å²) in [6, 6.07) is 16.3. The number of aliphatic hydroxyl groups excluding tert-OH is 1. The molecule has 1 saturated carbocycles. The Bertz CT molecular complexity index is 1620. The van der Waals surface area contributed by atoms with Crippen LogP contribution in [0.1, 0.15) is 96.2 Å². The Hall–Kier alpha value is -3.08. The Morgan fingerprint density at radius 1 is 1.00 bits per heavy atom. The van der Waals surface area contributed by atoms with E-state index in [1.165, 1.54) is 42.7 Å². The minimum absolute atomic E-state index is 0. The van der Waals surface area contributed by atoms with Crippen LogP contribution in [0.2, 0.25) is 0 Å². The van der Waals surface area contributed by atoms with Crippen LogP contribution in [0.15, 0.2) is 54.4 Å². The monoisotopic (exact) mass is 756 g/mol. The normalized spacial score (nSPS) is 14.3. The molecule has 6 heteroatoms. The predicted octanol–water partition coefficient (Wildman–Crippen LogP) is 10.2. The van der Waals surface area contributed by atoms with Gasteiger partial charge in [0.15, 0.2) is 5.78 Å². The number of ketones is 1. The molecule has 1 aliphatic carbocycles. The van der Waals surface area contributed by atoms with Gasteiger partial charge in [-0.3, -0.25) is 14.8 Å². The molecule has 0 saturated heterocycles. The van der Waals surface area contributed by atoms with Crippen LogP contribution >= 0.6 is 0 Å². The first kappa shape index (κ1) is 32.8. The summed E-state index contributed by atoms with van der Waals surface area (Å²) in [5, 5.41) is 13.1. The summed E-state index contributed by atoms with van der Waals surface area (Å²) < 4.78 is 6.39. The molecule has 3 heterocycles. The van der Waals surface area contributed by atoms with Crippen molar-refractivity contribution < 1.29 is 34.7 Å². The molecule has 4 aromatic rings. The number of nitrogens with zero attached hydrogens (tertiary/aromatic N) is 2. The van der Waals surface area contributed by atoms with Crippen LogP contribution in [0, 0.1) is 24.8 Å². The Balaban J connectivity index is 0.000000230. The number of rotatable bonds is 8. The van der Waals surface area contributed by atoms with Gasteiger partial charge in [-0.15, -0.1) is 12.1 Å². The molecule has 229 valence electrons. The van der Waals surface area contributed by atoms with Gasteiger partial charge in [-0.1, -0.05) is 69.7 Å². The molecule has 0 atom stereocenters. The second-order valence-corrected chi connectivity index (χ2v) is 11.8. The van der Waals surface area contributed by atoms with Crippen LogP contribution in [-0.2, 0) is 24.9 Å². The van der Waals surface area contributed by atoms with Crippen LogP contribution in [-0.4, -0.2) is 20.9 Å². The molecule has 1 fully saturated rings. The minimum Gasteiger partial charge on any atom is -0.512 e. The van der Waals surface area contributed by atoms with Gasteiger partial charge in [0.25, 0.3) is 0 Å². The standard InChI is InChI=1S/C24H19N2O.C13H24O2.Ir/c1-14-6-7-16-11-19-21(13-20(16)26-14)27-22-12-18(15-4-2-3-5-15)10-17-8-9-25-24(19)23(17)22;1-5-10(6-2)12(14)9-13(15)11(7-3)8-4;/h6-10,12-13,15H,2-5H2,1H3;9-11,14H,5-8H2,1-4H3;/q-1;;/b;12-9-;. The molecule has 5 nitrogen and oxygen atoms in total. The second kappa shape index (κ2) is 14.6. The average Bonchev–Trinajstić information content (AvgIpc) is 3.53. The quantitative estimate of drug-likeness (QED) is 0.0970. The third-order valence-electron chi connectivity index (χ3n) is 9.05. The Kier molecular flexibility index (Phi) is 11.1. The molecule has 1 radical (unpaired) electrons. The van der Waals surface area contributed by atoms with Gasteiger partial charge in [-0.05, 0) is 74.4 Å². The molecule has 1 N–H and O–H groups in total. The van der Waals surface area contributed by atoms with Crippen LogP contribution in [0.25, 0.3) is 32.9 Å². The Morgan fingerprint density at radius 2 is 1.70 bits per heavy atom. The third kappa shape index (κ3) is 7.02. The number of aliphatic hydroxyl groups is 1. The summed E-state index contributed by atoms with van der Waals surface area (Å²) in [6.45, 7) is 10.1. The number of fused-ring (bicyclic) bond motifs is 3. The van der Waals surface area contributed by atoms with E-state index in [0.29, 0.717) is 5.92 Å². The maximum Gasteiger partial charge on any atom is 0.162 e. The summed E-state index contributed by atoms with van der Waals surface area (Å²) in [6.07, 6.45) is 12.0. The summed E-state index contributed by atoms with van der Waals surface area (Å²) in [5.41, 5.74) is 5.20. The average molecular weight is 756 g/mol. The molecular formula is C37H43IrN2O3-. The van der Waals surface area contributed by atoms with Crippen LogP contribution in [0.4, 0.5) is 0 Å². The number of aryl methyl sites for hydroxylation is 1. The van der Waals surface area contributed by atoms with Crippen LogP contribution < -0.4 is 4.74 Å². The van der Waals surface area contributed by atoms with E-state index < -0.39 is 0 Å². The van der Waals surface area contributed by atoms with E-state index in [4.69, 9.17) is 9.72 Å². The van der Waals surface area contributed by atoms with Crippen LogP contribution in [0.3, 0.4) is 0 Å². The molecule has 2 aromatic carbocycles. The SMILES string of the molecule is CCC(CC)C(=O)/C=C(\O)C(CC)CC.Cc1ccc2[c-]c3c(cc2n1)Oc1cc(C2CCCC2)cc2ccnc-3c12.[Ir]. The van der Waals surface area contributed by atoms with Gasteiger partial charge in [0.1, 0.15) is 5.75 Å². The Labute approximate surface area is 269 Å². The number of pyridine rings is 2. The molecule has 1 aliphatic heterocycles. The number of carbonyl (C=O) groups excluding carboxylic acids is 1. The van der Waals surface area contributed by atoms with E-state index in [1.54, 1.807) is 0 Å². The van der Waals surface area contributed by atoms with Gasteiger partial charge in [0, 0.05) is 66.5 Å². The summed E-state index contributed by atoms with van der Waals surface area (Å²) in [7, 11) is 0. The largest absolute Gasteiger partial charge is 0.512 e. The van der Waals surface area contributed by atoms with E-state index >= 15 is 0 Å². The number of allylic oxidation sites excluding steroid dienone is 2.